The summed E-state index contributed by atoms with van der Waals surface area (Å²) >= 11 is 5.85. The fraction of sp³-hybridized carbons (Fsp3) is 0.0833. The number of rotatable bonds is 2. The van der Waals surface area contributed by atoms with E-state index in [1.54, 1.807) is 12.4 Å². The van der Waals surface area contributed by atoms with E-state index < -0.39 is 0 Å². The van der Waals surface area contributed by atoms with Crippen molar-refractivity contribution in [1.29, 1.82) is 0 Å². The second-order valence-electron chi connectivity index (χ2n) is 3.74. The third-order valence-corrected chi connectivity index (χ3v) is 2.81. The van der Waals surface area contributed by atoms with Gasteiger partial charge in [-0.15, -0.1) is 5.10 Å². The number of hydrogen-bond acceptors (Lipinski definition) is 3. The van der Waals surface area contributed by atoms with Crippen molar-refractivity contribution in [2.75, 3.05) is 0 Å². The highest BCUT2D eigenvalue weighted by Gasteiger charge is 2.04. The van der Waals surface area contributed by atoms with Crippen LogP contribution in [0.1, 0.15) is 5.56 Å². The molecule has 4 nitrogen and oxygen atoms in total. The molecular weight excluding hydrogens is 236 g/mol. The first-order valence-electron chi connectivity index (χ1n) is 5.20. The van der Waals surface area contributed by atoms with E-state index in [0.717, 1.165) is 21.6 Å². The molecule has 0 unspecified atom stereocenters. The maximum Gasteiger partial charge on any atom is 0.131 e. The Morgan fingerprint density at radius 1 is 1.12 bits per heavy atom. The van der Waals surface area contributed by atoms with Gasteiger partial charge in [0, 0.05) is 11.2 Å². The molecule has 0 N–H and O–H groups in total. The highest BCUT2D eigenvalue weighted by atomic mass is 35.5. The molecule has 0 saturated heterocycles. The summed E-state index contributed by atoms with van der Waals surface area (Å²) < 4.78 is 1.85. The van der Waals surface area contributed by atoms with Crippen LogP contribution in [0, 0.1) is 0 Å². The molecule has 0 aliphatic carbocycles. The van der Waals surface area contributed by atoms with Crippen molar-refractivity contribution in [2.45, 2.75) is 6.54 Å². The van der Waals surface area contributed by atoms with Gasteiger partial charge in [0.1, 0.15) is 5.52 Å². The highest BCUT2D eigenvalue weighted by Crippen LogP contribution is 2.13. The summed E-state index contributed by atoms with van der Waals surface area (Å²) in [6.07, 6.45) is 3.45. The molecule has 0 aliphatic rings. The predicted molar refractivity (Wildman–Crippen MR) is 65.9 cm³/mol. The largest absolute Gasteiger partial charge is 0.262 e. The van der Waals surface area contributed by atoms with Crippen LogP contribution in [0.15, 0.2) is 42.7 Å². The minimum Gasteiger partial charge on any atom is -0.262 e. The van der Waals surface area contributed by atoms with Gasteiger partial charge in [0.15, 0.2) is 0 Å². The van der Waals surface area contributed by atoms with Crippen LogP contribution in [-0.4, -0.2) is 20.0 Å². The molecule has 17 heavy (non-hydrogen) atoms. The molecule has 0 aliphatic heterocycles. The zero-order chi connectivity index (χ0) is 11.7. The van der Waals surface area contributed by atoms with Crippen molar-refractivity contribution in [3.63, 3.8) is 0 Å². The first-order valence-corrected chi connectivity index (χ1v) is 5.58. The Hall–Kier alpha value is -1.94. The summed E-state index contributed by atoms with van der Waals surface area (Å²) in [6, 6.07) is 9.62. The van der Waals surface area contributed by atoms with Crippen LogP contribution >= 0.6 is 11.6 Å². The van der Waals surface area contributed by atoms with Gasteiger partial charge in [0.2, 0.25) is 0 Å². The van der Waals surface area contributed by atoms with Crippen molar-refractivity contribution in [2.24, 2.45) is 0 Å². The van der Waals surface area contributed by atoms with Crippen molar-refractivity contribution in [1.82, 2.24) is 20.0 Å². The summed E-state index contributed by atoms with van der Waals surface area (Å²) in [4.78, 5) is 4.01. The number of hydrogen-bond donors (Lipinski definition) is 0. The number of aromatic nitrogens is 4. The van der Waals surface area contributed by atoms with E-state index in [9.17, 15) is 0 Å². The lowest BCUT2D eigenvalue weighted by Crippen LogP contribution is -2.01. The van der Waals surface area contributed by atoms with Crippen molar-refractivity contribution in [3.8, 4) is 0 Å². The zero-order valence-electron chi connectivity index (χ0n) is 8.92. The Morgan fingerprint density at radius 3 is 2.76 bits per heavy atom. The third kappa shape index (κ3) is 1.99. The Balaban J connectivity index is 1.97. The summed E-state index contributed by atoms with van der Waals surface area (Å²) in [5.41, 5.74) is 2.93. The summed E-state index contributed by atoms with van der Waals surface area (Å²) in [5.74, 6) is 0. The van der Waals surface area contributed by atoms with Gasteiger partial charge in [0.25, 0.3) is 0 Å². The molecule has 0 atom stereocenters. The lowest BCUT2D eigenvalue weighted by atomic mass is 10.2. The molecule has 0 spiro atoms. The number of halogens is 1. The van der Waals surface area contributed by atoms with E-state index in [2.05, 4.69) is 15.3 Å². The average molecular weight is 245 g/mol. The number of pyridine rings is 1. The molecule has 0 fully saturated rings. The molecule has 1 aromatic carbocycles. The molecule has 5 heteroatoms. The summed E-state index contributed by atoms with van der Waals surface area (Å²) in [5, 5.41) is 8.90. The van der Waals surface area contributed by atoms with Gasteiger partial charge < -0.3 is 0 Å². The van der Waals surface area contributed by atoms with Crippen LogP contribution < -0.4 is 0 Å². The Bertz CT molecular complexity index is 645. The van der Waals surface area contributed by atoms with E-state index in [1.165, 1.54) is 0 Å². The molecule has 3 aromatic rings. The molecule has 84 valence electrons. The van der Waals surface area contributed by atoms with Crippen molar-refractivity contribution >= 4 is 22.6 Å². The molecule has 2 heterocycles. The summed E-state index contributed by atoms with van der Waals surface area (Å²) in [7, 11) is 0. The van der Waals surface area contributed by atoms with E-state index in [0.29, 0.717) is 6.54 Å². The van der Waals surface area contributed by atoms with E-state index >= 15 is 0 Å². The molecule has 3 rings (SSSR count). The lowest BCUT2D eigenvalue weighted by Gasteiger charge is -2.02. The van der Waals surface area contributed by atoms with E-state index in [4.69, 9.17) is 11.6 Å². The van der Waals surface area contributed by atoms with Crippen LogP contribution in [-0.2, 0) is 6.54 Å². The second kappa shape index (κ2) is 4.14. The van der Waals surface area contributed by atoms with Crippen molar-refractivity contribution in [3.05, 3.63) is 53.3 Å². The first-order chi connectivity index (χ1) is 8.33. The normalized spacial score (nSPS) is 10.9. The predicted octanol–water partition coefficient (Wildman–Crippen LogP) is 2.53. The van der Waals surface area contributed by atoms with Gasteiger partial charge in [-0.25, -0.2) is 4.68 Å². The monoisotopic (exact) mass is 244 g/mol. The van der Waals surface area contributed by atoms with E-state index in [-0.39, 0.29) is 0 Å². The third-order valence-electron chi connectivity index (χ3n) is 2.56. The van der Waals surface area contributed by atoms with Crippen LogP contribution in [0.4, 0.5) is 0 Å². The molecular formula is C12H9ClN4. The van der Waals surface area contributed by atoms with E-state index in [1.807, 2.05) is 35.0 Å². The number of benzene rings is 1. The van der Waals surface area contributed by atoms with Crippen molar-refractivity contribution < 1.29 is 0 Å². The van der Waals surface area contributed by atoms with Crippen LogP contribution in [0.3, 0.4) is 0 Å². The number of fused-ring (bicyclic) bond motifs is 1. The Kier molecular flexibility index (Phi) is 2.49. The fourth-order valence-corrected chi connectivity index (χ4v) is 1.83. The van der Waals surface area contributed by atoms with Gasteiger partial charge >= 0.3 is 0 Å². The maximum absolute atomic E-state index is 5.85. The Morgan fingerprint density at radius 2 is 1.94 bits per heavy atom. The standard InChI is InChI=1S/C12H9ClN4/c13-10-3-1-9(2-4-10)8-17-12-5-6-14-7-11(12)15-16-17/h1-7H,8H2. The van der Waals surface area contributed by atoms with Gasteiger partial charge in [-0.1, -0.05) is 28.9 Å². The fourth-order valence-electron chi connectivity index (χ4n) is 1.70. The Labute approximate surface area is 103 Å². The van der Waals surface area contributed by atoms with Gasteiger partial charge in [-0.2, -0.15) is 0 Å². The van der Waals surface area contributed by atoms with Gasteiger partial charge in [-0.3, -0.25) is 4.98 Å². The molecule has 0 bridgehead atoms. The smallest absolute Gasteiger partial charge is 0.131 e. The zero-order valence-corrected chi connectivity index (χ0v) is 9.67. The lowest BCUT2D eigenvalue weighted by molar-refractivity contribution is 0.670. The van der Waals surface area contributed by atoms with Crippen LogP contribution in [0.25, 0.3) is 11.0 Å². The van der Waals surface area contributed by atoms with Gasteiger partial charge in [0.05, 0.1) is 18.3 Å². The quantitative estimate of drug-likeness (QED) is 0.696. The topological polar surface area (TPSA) is 43.6 Å². The average Bonchev–Trinajstić information content (AvgIpc) is 2.76. The first kappa shape index (κ1) is 10.2. The minimum atomic E-state index is 0.678. The maximum atomic E-state index is 5.85. The highest BCUT2D eigenvalue weighted by molar-refractivity contribution is 6.30. The SMILES string of the molecule is Clc1ccc(Cn2nnc3cnccc32)cc1. The number of nitrogens with zero attached hydrogens (tertiary/aromatic N) is 4. The van der Waals surface area contributed by atoms with Crippen LogP contribution in [0.2, 0.25) is 5.02 Å². The molecule has 2 aromatic heterocycles. The minimum absolute atomic E-state index is 0.678. The molecule has 0 radical (unpaired) electrons. The second-order valence-corrected chi connectivity index (χ2v) is 4.17. The summed E-state index contributed by atoms with van der Waals surface area (Å²) in [6.45, 7) is 0.678. The van der Waals surface area contributed by atoms with Gasteiger partial charge in [-0.05, 0) is 23.8 Å². The molecule has 0 saturated carbocycles. The van der Waals surface area contributed by atoms with Crippen LogP contribution in [0.5, 0.6) is 0 Å². The molecule has 0 amide bonds.